The molecule has 0 unspecified atom stereocenters. The van der Waals surface area contributed by atoms with E-state index >= 15 is 0 Å². The Morgan fingerprint density at radius 3 is 2.38 bits per heavy atom. The summed E-state index contributed by atoms with van der Waals surface area (Å²) in [6, 6.07) is 17.7. The monoisotopic (exact) mass is 551 g/mol. The maximum absolute atomic E-state index is 12.5. The molecule has 0 aliphatic rings. The molecule has 10 heteroatoms. The molecule has 0 saturated heterocycles. The molecule has 0 bridgehead atoms. The zero-order chi connectivity index (χ0) is 28.2. The maximum atomic E-state index is 12.5. The second kappa shape index (κ2) is 11.7. The third kappa shape index (κ3) is 6.83. The van der Waals surface area contributed by atoms with Crippen molar-refractivity contribution < 1.29 is 17.9 Å². The first-order valence-corrected chi connectivity index (χ1v) is 12.7. The Labute approximate surface area is 230 Å². The average Bonchev–Trinajstić information content (AvgIpc) is 3.26. The molecular formula is C29H28F3N5OS. The van der Waals surface area contributed by atoms with Gasteiger partial charge in [-0.05, 0) is 92.0 Å². The number of benzene rings is 3. The van der Waals surface area contributed by atoms with Gasteiger partial charge in [-0.1, -0.05) is 37.3 Å². The number of hydrazone groups is 1. The Kier molecular flexibility index (Phi) is 8.35. The first-order chi connectivity index (χ1) is 18.6. The van der Waals surface area contributed by atoms with Crippen LogP contribution in [0.15, 0.2) is 72.1 Å². The van der Waals surface area contributed by atoms with Crippen molar-refractivity contribution in [3.8, 4) is 22.7 Å². The van der Waals surface area contributed by atoms with E-state index in [0.717, 1.165) is 51.3 Å². The van der Waals surface area contributed by atoms with E-state index in [0.29, 0.717) is 10.8 Å². The normalized spacial score (nSPS) is 11.6. The fourth-order valence-electron chi connectivity index (χ4n) is 4.28. The molecule has 0 fully saturated rings. The Hall–Kier alpha value is -4.18. The Morgan fingerprint density at radius 1 is 1.05 bits per heavy atom. The number of nitrogens with zero attached hydrogens (tertiary/aromatic N) is 3. The number of imidazole rings is 1. The van der Waals surface area contributed by atoms with Crippen LogP contribution < -0.4 is 15.5 Å². The summed E-state index contributed by atoms with van der Waals surface area (Å²) in [5.41, 5.74) is 11.3. The van der Waals surface area contributed by atoms with Gasteiger partial charge < -0.3 is 14.6 Å². The minimum Gasteiger partial charge on any atom is -0.406 e. The number of rotatable bonds is 7. The number of para-hydroxylation sites is 1. The smallest absolute Gasteiger partial charge is 0.406 e. The lowest BCUT2D eigenvalue weighted by Gasteiger charge is -2.12. The van der Waals surface area contributed by atoms with Crippen LogP contribution in [0.2, 0.25) is 0 Å². The standard InChI is InChI=1S/C29H28F3N5OS/c1-5-22-15-21(16-34-36-28(39)35-26-18(2)7-6-8-19(26)3)9-14-25(22)27-20(4)37(17-33-27)23-10-12-24(13-11-23)38-29(30,31)32/h6-17H,5H2,1-4H3,(H2,35,36,39)/b34-16+. The summed E-state index contributed by atoms with van der Waals surface area (Å²) in [4.78, 5) is 4.60. The number of ether oxygens (including phenoxy) is 1. The van der Waals surface area contributed by atoms with E-state index in [9.17, 15) is 13.2 Å². The molecule has 4 rings (SSSR count). The Bertz CT molecular complexity index is 1490. The van der Waals surface area contributed by atoms with Crippen LogP contribution in [0.3, 0.4) is 0 Å². The quantitative estimate of drug-likeness (QED) is 0.144. The largest absolute Gasteiger partial charge is 0.573 e. The van der Waals surface area contributed by atoms with Crippen molar-refractivity contribution >= 4 is 29.2 Å². The summed E-state index contributed by atoms with van der Waals surface area (Å²) in [7, 11) is 0. The van der Waals surface area contributed by atoms with Crippen LogP contribution >= 0.6 is 12.2 Å². The zero-order valence-corrected chi connectivity index (χ0v) is 22.7. The summed E-state index contributed by atoms with van der Waals surface area (Å²) in [5, 5.41) is 7.88. The molecule has 0 saturated carbocycles. The molecule has 0 spiro atoms. The van der Waals surface area contributed by atoms with Gasteiger partial charge in [0.2, 0.25) is 0 Å². The van der Waals surface area contributed by atoms with Crippen LogP contribution in [0.25, 0.3) is 16.9 Å². The predicted octanol–water partition coefficient (Wildman–Crippen LogP) is 7.25. The van der Waals surface area contributed by atoms with Gasteiger partial charge in [-0.25, -0.2) is 4.98 Å². The fourth-order valence-corrected chi connectivity index (χ4v) is 4.43. The highest BCUT2D eigenvalue weighted by atomic mass is 32.1. The van der Waals surface area contributed by atoms with Crippen LogP contribution in [0, 0.1) is 20.8 Å². The van der Waals surface area contributed by atoms with Crippen LogP contribution in [-0.2, 0) is 6.42 Å². The van der Waals surface area contributed by atoms with Crippen molar-refractivity contribution in [2.45, 2.75) is 40.5 Å². The molecule has 202 valence electrons. The molecular weight excluding hydrogens is 523 g/mol. The molecule has 2 N–H and O–H groups in total. The molecule has 0 amide bonds. The Morgan fingerprint density at radius 2 is 1.74 bits per heavy atom. The molecule has 0 radical (unpaired) electrons. The van der Waals surface area contributed by atoms with Crippen molar-refractivity contribution in [3.63, 3.8) is 0 Å². The molecule has 4 aromatic rings. The minimum atomic E-state index is -4.73. The van der Waals surface area contributed by atoms with Gasteiger partial charge in [-0.15, -0.1) is 13.2 Å². The van der Waals surface area contributed by atoms with Gasteiger partial charge in [0.1, 0.15) is 12.1 Å². The molecule has 1 heterocycles. The minimum absolute atomic E-state index is 0.272. The van der Waals surface area contributed by atoms with E-state index in [2.05, 4.69) is 32.5 Å². The van der Waals surface area contributed by atoms with Crippen LogP contribution in [0.4, 0.5) is 18.9 Å². The maximum Gasteiger partial charge on any atom is 0.573 e. The van der Waals surface area contributed by atoms with Gasteiger partial charge in [0.15, 0.2) is 5.11 Å². The topological polar surface area (TPSA) is 63.5 Å². The number of nitrogens with one attached hydrogen (secondary N) is 2. The number of anilines is 1. The number of aromatic nitrogens is 2. The van der Waals surface area contributed by atoms with E-state index in [1.54, 1.807) is 24.7 Å². The van der Waals surface area contributed by atoms with Crippen molar-refractivity contribution in [2.24, 2.45) is 5.10 Å². The van der Waals surface area contributed by atoms with Gasteiger partial charge in [0.25, 0.3) is 0 Å². The third-order valence-corrected chi connectivity index (χ3v) is 6.41. The van der Waals surface area contributed by atoms with E-state index in [1.165, 1.54) is 12.1 Å². The van der Waals surface area contributed by atoms with Gasteiger partial charge in [0.05, 0.1) is 11.9 Å². The van der Waals surface area contributed by atoms with Gasteiger partial charge >= 0.3 is 6.36 Å². The molecule has 39 heavy (non-hydrogen) atoms. The van der Waals surface area contributed by atoms with Crippen molar-refractivity contribution in [2.75, 3.05) is 5.32 Å². The average molecular weight is 552 g/mol. The van der Waals surface area contributed by atoms with Crippen LogP contribution in [0.1, 0.15) is 34.9 Å². The molecule has 3 aromatic carbocycles. The third-order valence-electron chi connectivity index (χ3n) is 6.22. The predicted molar refractivity (Wildman–Crippen MR) is 153 cm³/mol. The summed E-state index contributed by atoms with van der Waals surface area (Å²) >= 11 is 5.39. The molecule has 0 aliphatic heterocycles. The summed E-state index contributed by atoms with van der Waals surface area (Å²) in [6.07, 6.45) is -0.593. The highest BCUT2D eigenvalue weighted by Crippen LogP contribution is 2.29. The number of hydrogen-bond donors (Lipinski definition) is 2. The molecule has 0 aliphatic carbocycles. The molecule has 6 nitrogen and oxygen atoms in total. The summed E-state index contributed by atoms with van der Waals surface area (Å²) in [5.74, 6) is -0.272. The highest BCUT2D eigenvalue weighted by Gasteiger charge is 2.31. The number of aryl methyl sites for hydroxylation is 3. The number of halogens is 3. The fraction of sp³-hybridized carbons (Fsp3) is 0.207. The van der Waals surface area contributed by atoms with E-state index < -0.39 is 6.36 Å². The number of thiocarbonyl (C=S) groups is 1. The Balaban J connectivity index is 1.48. The SMILES string of the molecule is CCc1cc(/C=N/NC(=S)Nc2c(C)cccc2C)ccc1-c1ncn(-c2ccc(OC(F)(F)F)cc2)c1C. The van der Waals surface area contributed by atoms with Gasteiger partial charge in [-0.3, -0.25) is 5.43 Å². The zero-order valence-electron chi connectivity index (χ0n) is 21.9. The summed E-state index contributed by atoms with van der Waals surface area (Å²) in [6.45, 7) is 8.02. The van der Waals surface area contributed by atoms with Crippen molar-refractivity contribution in [1.82, 2.24) is 15.0 Å². The van der Waals surface area contributed by atoms with E-state index in [1.807, 2.05) is 61.7 Å². The molecule has 1 aromatic heterocycles. The summed E-state index contributed by atoms with van der Waals surface area (Å²) < 4.78 is 43.2. The van der Waals surface area contributed by atoms with Crippen molar-refractivity contribution in [3.05, 3.63) is 94.9 Å². The van der Waals surface area contributed by atoms with Crippen LogP contribution in [0.5, 0.6) is 5.75 Å². The lowest BCUT2D eigenvalue weighted by atomic mass is 9.99. The van der Waals surface area contributed by atoms with Gasteiger partial charge in [0, 0.05) is 22.6 Å². The van der Waals surface area contributed by atoms with Crippen molar-refractivity contribution in [1.29, 1.82) is 0 Å². The van der Waals surface area contributed by atoms with E-state index in [4.69, 9.17) is 12.2 Å². The number of hydrogen-bond acceptors (Lipinski definition) is 4. The first-order valence-electron chi connectivity index (χ1n) is 12.3. The second-order valence-corrected chi connectivity index (χ2v) is 9.36. The molecule has 0 atom stereocenters. The van der Waals surface area contributed by atoms with E-state index in [-0.39, 0.29) is 5.75 Å². The van der Waals surface area contributed by atoms with Gasteiger partial charge in [-0.2, -0.15) is 5.10 Å². The number of alkyl halides is 3. The lowest BCUT2D eigenvalue weighted by molar-refractivity contribution is -0.274. The van der Waals surface area contributed by atoms with Crippen LogP contribution in [-0.4, -0.2) is 27.2 Å². The first kappa shape index (κ1) is 27.8. The highest BCUT2D eigenvalue weighted by molar-refractivity contribution is 7.80. The lowest BCUT2D eigenvalue weighted by Crippen LogP contribution is -2.24. The second-order valence-electron chi connectivity index (χ2n) is 8.95.